The first kappa shape index (κ1) is 13.7. The third-order valence-corrected chi connectivity index (χ3v) is 4.02. The van der Waals surface area contributed by atoms with Gasteiger partial charge in [0.15, 0.2) is 0 Å². The molecule has 0 saturated carbocycles. The molecule has 19 heavy (non-hydrogen) atoms. The van der Waals surface area contributed by atoms with Crippen molar-refractivity contribution in [2.45, 2.75) is 32.1 Å². The lowest BCUT2D eigenvalue weighted by Crippen LogP contribution is -2.24. The summed E-state index contributed by atoms with van der Waals surface area (Å²) in [7, 11) is 0. The molecule has 1 aromatic heterocycles. The standard InChI is InChI=1S/C13H16N2O3S/c16-13(11-8-12(15(17)18)19-9-11)14-7-6-10-4-2-1-3-5-10/h4,8-9H,1-3,5-7H2,(H,14,16). The van der Waals surface area contributed by atoms with E-state index in [1.807, 2.05) is 0 Å². The van der Waals surface area contributed by atoms with E-state index in [1.54, 1.807) is 0 Å². The number of hydrogen-bond acceptors (Lipinski definition) is 4. The van der Waals surface area contributed by atoms with Crippen LogP contribution >= 0.6 is 11.3 Å². The van der Waals surface area contributed by atoms with Crippen molar-refractivity contribution in [3.8, 4) is 0 Å². The molecule has 6 heteroatoms. The smallest absolute Gasteiger partial charge is 0.324 e. The van der Waals surface area contributed by atoms with Gasteiger partial charge in [0.25, 0.3) is 5.91 Å². The Morgan fingerprint density at radius 3 is 2.95 bits per heavy atom. The van der Waals surface area contributed by atoms with Crippen molar-refractivity contribution in [3.63, 3.8) is 0 Å². The van der Waals surface area contributed by atoms with Gasteiger partial charge in [-0.15, -0.1) is 0 Å². The number of nitrogens with zero attached hydrogens (tertiary/aromatic N) is 1. The van der Waals surface area contributed by atoms with E-state index in [9.17, 15) is 14.9 Å². The van der Waals surface area contributed by atoms with Crippen LogP contribution in [0.25, 0.3) is 0 Å². The fraction of sp³-hybridized carbons (Fsp3) is 0.462. The molecule has 1 aromatic rings. The number of rotatable bonds is 5. The van der Waals surface area contributed by atoms with Crippen LogP contribution in [0.1, 0.15) is 42.5 Å². The lowest BCUT2D eigenvalue weighted by molar-refractivity contribution is -0.380. The van der Waals surface area contributed by atoms with Crippen molar-refractivity contribution >= 4 is 22.2 Å². The topological polar surface area (TPSA) is 72.2 Å². The number of carbonyl (C=O) groups is 1. The second-order valence-corrected chi connectivity index (χ2v) is 5.43. The predicted octanol–water partition coefficient (Wildman–Crippen LogP) is 3.28. The summed E-state index contributed by atoms with van der Waals surface area (Å²) in [5.41, 5.74) is 1.78. The lowest BCUT2D eigenvalue weighted by Gasteiger charge is -2.12. The van der Waals surface area contributed by atoms with E-state index in [-0.39, 0.29) is 10.9 Å². The number of nitrogens with one attached hydrogen (secondary N) is 1. The second-order valence-electron chi connectivity index (χ2n) is 4.54. The van der Waals surface area contributed by atoms with Crippen LogP contribution in [-0.4, -0.2) is 17.4 Å². The molecule has 5 nitrogen and oxygen atoms in total. The van der Waals surface area contributed by atoms with Crippen LogP contribution in [0, 0.1) is 10.1 Å². The highest BCUT2D eigenvalue weighted by Gasteiger charge is 2.14. The molecule has 0 aromatic carbocycles. The summed E-state index contributed by atoms with van der Waals surface area (Å²) in [4.78, 5) is 21.8. The van der Waals surface area contributed by atoms with Crippen LogP contribution in [0.3, 0.4) is 0 Å². The molecular weight excluding hydrogens is 264 g/mol. The Hall–Kier alpha value is -1.69. The van der Waals surface area contributed by atoms with Crippen LogP contribution in [0.4, 0.5) is 5.00 Å². The molecule has 0 aliphatic heterocycles. The molecule has 0 unspecified atom stereocenters. The van der Waals surface area contributed by atoms with Gasteiger partial charge in [-0.05, 0) is 32.1 Å². The summed E-state index contributed by atoms with van der Waals surface area (Å²) >= 11 is 0.976. The molecule has 2 rings (SSSR count). The van der Waals surface area contributed by atoms with Gasteiger partial charge < -0.3 is 5.32 Å². The summed E-state index contributed by atoms with van der Waals surface area (Å²) in [6.45, 7) is 0.592. The zero-order chi connectivity index (χ0) is 13.7. The van der Waals surface area contributed by atoms with E-state index in [0.717, 1.165) is 30.6 Å². The van der Waals surface area contributed by atoms with Crippen LogP contribution in [0.15, 0.2) is 23.1 Å². The van der Waals surface area contributed by atoms with Crippen molar-refractivity contribution in [2.75, 3.05) is 6.54 Å². The molecule has 102 valence electrons. The molecule has 1 heterocycles. The number of amides is 1. The average molecular weight is 280 g/mol. The molecular formula is C13H16N2O3S. The molecule has 0 spiro atoms. The fourth-order valence-electron chi connectivity index (χ4n) is 2.11. The van der Waals surface area contributed by atoms with E-state index >= 15 is 0 Å². The van der Waals surface area contributed by atoms with Gasteiger partial charge in [0, 0.05) is 18.0 Å². The lowest BCUT2D eigenvalue weighted by atomic mass is 9.97. The van der Waals surface area contributed by atoms with Crippen LogP contribution < -0.4 is 5.32 Å². The van der Waals surface area contributed by atoms with Crippen molar-refractivity contribution in [3.05, 3.63) is 38.8 Å². The Balaban J connectivity index is 1.80. The van der Waals surface area contributed by atoms with Gasteiger partial charge in [0.05, 0.1) is 10.5 Å². The van der Waals surface area contributed by atoms with Gasteiger partial charge in [-0.25, -0.2) is 0 Å². The molecule has 0 radical (unpaired) electrons. The largest absolute Gasteiger partial charge is 0.352 e. The fourth-order valence-corrected chi connectivity index (χ4v) is 2.81. The van der Waals surface area contributed by atoms with E-state index in [2.05, 4.69) is 11.4 Å². The molecule has 0 atom stereocenters. The van der Waals surface area contributed by atoms with Crippen molar-refractivity contribution in [2.24, 2.45) is 0 Å². The minimum atomic E-state index is -0.478. The van der Waals surface area contributed by atoms with Crippen LogP contribution in [0.2, 0.25) is 0 Å². The van der Waals surface area contributed by atoms with Crippen LogP contribution in [-0.2, 0) is 0 Å². The van der Waals surface area contributed by atoms with Gasteiger partial charge in [-0.1, -0.05) is 23.0 Å². The molecule has 0 saturated heterocycles. The first-order valence-electron chi connectivity index (χ1n) is 6.36. The molecule has 1 aliphatic carbocycles. The Bertz CT molecular complexity index is 508. The van der Waals surface area contributed by atoms with Gasteiger partial charge in [-0.2, -0.15) is 0 Å². The maximum absolute atomic E-state index is 11.8. The maximum Gasteiger partial charge on any atom is 0.324 e. The normalized spacial score (nSPS) is 14.8. The van der Waals surface area contributed by atoms with Gasteiger partial charge >= 0.3 is 5.00 Å². The average Bonchev–Trinajstić information content (AvgIpc) is 2.89. The monoisotopic (exact) mass is 280 g/mol. The minimum absolute atomic E-state index is 0.000129. The SMILES string of the molecule is O=C(NCCC1=CCCCC1)c1csc([N+](=O)[O-])c1. The van der Waals surface area contributed by atoms with Gasteiger partial charge in [0.2, 0.25) is 0 Å². The number of allylic oxidation sites excluding steroid dienone is 1. The number of nitro groups is 1. The minimum Gasteiger partial charge on any atom is -0.352 e. The predicted molar refractivity (Wildman–Crippen MR) is 74.5 cm³/mol. The Labute approximate surface area is 115 Å². The third kappa shape index (κ3) is 3.89. The first-order chi connectivity index (χ1) is 9.16. The Kier molecular flexibility index (Phi) is 4.68. The van der Waals surface area contributed by atoms with E-state index in [0.29, 0.717) is 12.1 Å². The Morgan fingerprint density at radius 1 is 1.47 bits per heavy atom. The molecule has 0 fully saturated rings. The maximum atomic E-state index is 11.8. The molecule has 1 aliphatic rings. The van der Waals surface area contributed by atoms with Crippen molar-refractivity contribution in [1.82, 2.24) is 5.32 Å². The van der Waals surface area contributed by atoms with Crippen molar-refractivity contribution in [1.29, 1.82) is 0 Å². The Morgan fingerprint density at radius 2 is 2.32 bits per heavy atom. The summed E-state index contributed by atoms with van der Waals surface area (Å²) < 4.78 is 0. The number of hydrogen-bond donors (Lipinski definition) is 1. The molecule has 1 amide bonds. The van der Waals surface area contributed by atoms with Crippen LogP contribution in [0.5, 0.6) is 0 Å². The summed E-state index contributed by atoms with van der Waals surface area (Å²) in [5, 5.41) is 14.9. The first-order valence-corrected chi connectivity index (χ1v) is 7.24. The molecule has 0 bridgehead atoms. The van der Waals surface area contributed by atoms with E-state index < -0.39 is 4.92 Å². The highest BCUT2D eigenvalue weighted by atomic mass is 32.1. The van der Waals surface area contributed by atoms with Gasteiger partial charge in [-0.3, -0.25) is 14.9 Å². The quantitative estimate of drug-likeness (QED) is 0.511. The second kappa shape index (κ2) is 6.47. The molecule has 1 N–H and O–H groups in total. The zero-order valence-corrected chi connectivity index (χ0v) is 11.4. The highest BCUT2D eigenvalue weighted by Crippen LogP contribution is 2.22. The highest BCUT2D eigenvalue weighted by molar-refractivity contribution is 7.13. The third-order valence-electron chi connectivity index (χ3n) is 3.14. The summed E-state index contributed by atoms with van der Waals surface area (Å²) in [6.07, 6.45) is 7.88. The number of thiophene rings is 1. The van der Waals surface area contributed by atoms with Gasteiger partial charge in [0.1, 0.15) is 0 Å². The number of carbonyl (C=O) groups excluding carboxylic acids is 1. The van der Waals surface area contributed by atoms with E-state index in [4.69, 9.17) is 0 Å². The zero-order valence-electron chi connectivity index (χ0n) is 10.6. The summed E-state index contributed by atoms with van der Waals surface area (Å²) in [5.74, 6) is -0.235. The van der Waals surface area contributed by atoms with Crippen molar-refractivity contribution < 1.29 is 9.72 Å². The van der Waals surface area contributed by atoms with E-state index in [1.165, 1.54) is 29.9 Å². The summed E-state index contributed by atoms with van der Waals surface area (Å²) in [6, 6.07) is 1.32.